The molecular formula is C21H20BrClN2O4. The van der Waals surface area contributed by atoms with Gasteiger partial charge >= 0.3 is 5.97 Å². The second-order valence-electron chi connectivity index (χ2n) is 6.96. The predicted molar refractivity (Wildman–Crippen MR) is 115 cm³/mol. The summed E-state index contributed by atoms with van der Waals surface area (Å²) >= 11 is 9.42. The zero-order valence-corrected chi connectivity index (χ0v) is 18.3. The molecule has 2 aromatic rings. The fraction of sp³-hybridized carbons (Fsp3) is 0.286. The summed E-state index contributed by atoms with van der Waals surface area (Å²) in [6, 6.07) is 10.6. The lowest BCUT2D eigenvalue weighted by Gasteiger charge is -2.16. The minimum atomic E-state index is -0.619. The number of benzene rings is 2. The van der Waals surface area contributed by atoms with E-state index in [-0.39, 0.29) is 18.9 Å². The highest BCUT2D eigenvalue weighted by Gasteiger charge is 2.36. The topological polar surface area (TPSA) is 75.7 Å². The fourth-order valence-corrected chi connectivity index (χ4v) is 3.76. The van der Waals surface area contributed by atoms with E-state index in [9.17, 15) is 14.4 Å². The Morgan fingerprint density at radius 2 is 2.00 bits per heavy atom. The van der Waals surface area contributed by atoms with Crippen molar-refractivity contribution in [2.45, 2.75) is 20.3 Å². The van der Waals surface area contributed by atoms with E-state index in [0.717, 1.165) is 15.6 Å². The number of carbonyl (C=O) groups is 3. The third-order valence-corrected chi connectivity index (χ3v) is 5.79. The first kappa shape index (κ1) is 21.3. The van der Waals surface area contributed by atoms with Gasteiger partial charge in [0.1, 0.15) is 0 Å². The van der Waals surface area contributed by atoms with Gasteiger partial charge < -0.3 is 15.0 Å². The summed E-state index contributed by atoms with van der Waals surface area (Å²) in [6.07, 6.45) is 0.0397. The van der Waals surface area contributed by atoms with Crippen LogP contribution < -0.4 is 10.2 Å². The number of hydrogen-bond donors (Lipinski definition) is 1. The molecule has 1 saturated heterocycles. The molecular weight excluding hydrogens is 460 g/mol. The van der Waals surface area contributed by atoms with Gasteiger partial charge in [-0.05, 0) is 55.3 Å². The van der Waals surface area contributed by atoms with Gasteiger partial charge in [0.2, 0.25) is 5.91 Å². The van der Waals surface area contributed by atoms with E-state index in [1.165, 1.54) is 4.90 Å². The smallest absolute Gasteiger partial charge is 0.311 e. The highest BCUT2D eigenvalue weighted by atomic mass is 79.9. The predicted octanol–water partition coefficient (Wildman–Crippen LogP) is 4.25. The molecule has 8 heteroatoms. The van der Waals surface area contributed by atoms with Gasteiger partial charge in [-0.3, -0.25) is 14.4 Å². The van der Waals surface area contributed by atoms with Gasteiger partial charge in [0, 0.05) is 33.8 Å². The Morgan fingerprint density at radius 1 is 1.24 bits per heavy atom. The molecule has 1 atom stereocenters. The van der Waals surface area contributed by atoms with Crippen LogP contribution in [0.25, 0.3) is 0 Å². The molecule has 2 amide bonds. The molecule has 152 valence electrons. The molecule has 1 aliphatic rings. The SMILES string of the molecule is Cc1cc(NC(=O)COC(=O)[C@@H]2CC(=O)N(c3cccc(Cl)c3)C2)c(C)cc1Br. The number of hydrogen-bond acceptors (Lipinski definition) is 4. The third-order valence-electron chi connectivity index (χ3n) is 4.70. The minimum absolute atomic E-state index is 0.0397. The molecule has 0 bridgehead atoms. The van der Waals surface area contributed by atoms with E-state index in [2.05, 4.69) is 21.2 Å². The Bertz CT molecular complexity index is 979. The van der Waals surface area contributed by atoms with Crippen molar-refractivity contribution in [3.05, 3.63) is 57.0 Å². The van der Waals surface area contributed by atoms with Crippen LogP contribution in [0.4, 0.5) is 11.4 Å². The van der Waals surface area contributed by atoms with Crippen molar-refractivity contribution in [1.82, 2.24) is 0 Å². The average Bonchev–Trinajstić information content (AvgIpc) is 3.06. The van der Waals surface area contributed by atoms with Gasteiger partial charge in [-0.2, -0.15) is 0 Å². The van der Waals surface area contributed by atoms with Crippen LogP contribution in [0.5, 0.6) is 0 Å². The van der Waals surface area contributed by atoms with Crippen molar-refractivity contribution in [2.24, 2.45) is 5.92 Å². The summed E-state index contributed by atoms with van der Waals surface area (Å²) < 4.78 is 6.10. The Kier molecular flexibility index (Phi) is 6.59. The molecule has 6 nitrogen and oxygen atoms in total. The molecule has 0 radical (unpaired) electrons. The maximum absolute atomic E-state index is 12.3. The van der Waals surface area contributed by atoms with Crippen molar-refractivity contribution < 1.29 is 19.1 Å². The van der Waals surface area contributed by atoms with E-state index >= 15 is 0 Å². The number of nitrogens with one attached hydrogen (secondary N) is 1. The summed E-state index contributed by atoms with van der Waals surface area (Å²) in [5, 5.41) is 3.26. The lowest BCUT2D eigenvalue weighted by atomic mass is 10.1. The first-order valence-electron chi connectivity index (χ1n) is 9.03. The molecule has 1 N–H and O–H groups in total. The largest absolute Gasteiger partial charge is 0.455 e. The quantitative estimate of drug-likeness (QED) is 0.651. The molecule has 1 heterocycles. The van der Waals surface area contributed by atoms with Crippen LogP contribution in [0.15, 0.2) is 40.9 Å². The van der Waals surface area contributed by atoms with Gasteiger partial charge in [0.25, 0.3) is 5.91 Å². The summed E-state index contributed by atoms with van der Waals surface area (Å²) in [6.45, 7) is 3.59. The van der Waals surface area contributed by atoms with Gasteiger partial charge in [-0.1, -0.05) is 33.6 Å². The Morgan fingerprint density at radius 3 is 2.72 bits per heavy atom. The van der Waals surface area contributed by atoms with Gasteiger partial charge in [0.15, 0.2) is 6.61 Å². The lowest BCUT2D eigenvalue weighted by molar-refractivity contribution is -0.151. The number of rotatable bonds is 5. The number of carbonyl (C=O) groups excluding carboxylic acids is 3. The Hall–Kier alpha value is -2.38. The monoisotopic (exact) mass is 478 g/mol. The van der Waals surface area contributed by atoms with E-state index in [1.807, 2.05) is 26.0 Å². The Balaban J connectivity index is 1.55. The van der Waals surface area contributed by atoms with Crippen LogP contribution in [0.1, 0.15) is 17.5 Å². The second kappa shape index (κ2) is 8.97. The van der Waals surface area contributed by atoms with E-state index in [1.54, 1.807) is 24.3 Å². The first-order valence-corrected chi connectivity index (χ1v) is 10.2. The first-order chi connectivity index (χ1) is 13.7. The molecule has 1 fully saturated rings. The number of esters is 1. The van der Waals surface area contributed by atoms with Crippen LogP contribution in [-0.4, -0.2) is 30.9 Å². The van der Waals surface area contributed by atoms with Crippen LogP contribution in [0.2, 0.25) is 5.02 Å². The molecule has 0 aromatic heterocycles. The minimum Gasteiger partial charge on any atom is -0.455 e. The van der Waals surface area contributed by atoms with Crippen molar-refractivity contribution in [2.75, 3.05) is 23.4 Å². The normalized spacial score (nSPS) is 16.1. The van der Waals surface area contributed by atoms with E-state index in [4.69, 9.17) is 16.3 Å². The standard InChI is InChI=1S/C21H20BrClN2O4/c1-12-7-18(13(2)6-17(12)22)24-19(26)11-29-21(28)14-8-20(27)25(10-14)16-5-3-4-15(23)9-16/h3-7,9,14H,8,10-11H2,1-2H3,(H,24,26)/t14-/m1/s1. The number of nitrogens with zero attached hydrogens (tertiary/aromatic N) is 1. The Labute approximate surface area is 182 Å². The van der Waals surface area contributed by atoms with Crippen molar-refractivity contribution >= 4 is 56.7 Å². The van der Waals surface area contributed by atoms with Gasteiger partial charge in [0.05, 0.1) is 5.92 Å². The summed E-state index contributed by atoms with van der Waals surface area (Å²) in [5.41, 5.74) is 3.17. The number of anilines is 2. The summed E-state index contributed by atoms with van der Waals surface area (Å²) in [4.78, 5) is 38.3. The van der Waals surface area contributed by atoms with Crippen molar-refractivity contribution in [1.29, 1.82) is 0 Å². The highest BCUT2D eigenvalue weighted by Crippen LogP contribution is 2.28. The van der Waals surface area contributed by atoms with Crippen LogP contribution in [0, 0.1) is 19.8 Å². The maximum Gasteiger partial charge on any atom is 0.311 e. The summed E-state index contributed by atoms with van der Waals surface area (Å²) in [7, 11) is 0. The molecule has 2 aromatic carbocycles. The molecule has 0 saturated carbocycles. The molecule has 1 aliphatic heterocycles. The van der Waals surface area contributed by atoms with Crippen molar-refractivity contribution in [3.8, 4) is 0 Å². The molecule has 0 unspecified atom stereocenters. The van der Waals surface area contributed by atoms with E-state index < -0.39 is 24.4 Å². The number of amides is 2. The molecule has 0 aliphatic carbocycles. The van der Waals surface area contributed by atoms with Gasteiger partial charge in [-0.15, -0.1) is 0 Å². The zero-order valence-electron chi connectivity index (χ0n) is 16.0. The fourth-order valence-electron chi connectivity index (χ4n) is 3.12. The number of ether oxygens (including phenoxy) is 1. The lowest BCUT2D eigenvalue weighted by Crippen LogP contribution is -2.28. The summed E-state index contributed by atoms with van der Waals surface area (Å²) in [5.74, 6) is -1.80. The van der Waals surface area contributed by atoms with Crippen LogP contribution in [0.3, 0.4) is 0 Å². The number of aryl methyl sites for hydroxylation is 2. The van der Waals surface area contributed by atoms with E-state index in [0.29, 0.717) is 16.4 Å². The van der Waals surface area contributed by atoms with Crippen molar-refractivity contribution in [3.63, 3.8) is 0 Å². The molecule has 3 rings (SSSR count). The third kappa shape index (κ3) is 5.16. The average molecular weight is 480 g/mol. The molecule has 0 spiro atoms. The second-order valence-corrected chi connectivity index (χ2v) is 8.25. The maximum atomic E-state index is 12.3. The van der Waals surface area contributed by atoms with Crippen LogP contribution >= 0.6 is 27.5 Å². The highest BCUT2D eigenvalue weighted by molar-refractivity contribution is 9.10. The van der Waals surface area contributed by atoms with Crippen LogP contribution in [-0.2, 0) is 19.1 Å². The number of halogens is 2. The zero-order chi connectivity index (χ0) is 21.1. The van der Waals surface area contributed by atoms with Gasteiger partial charge in [-0.25, -0.2) is 0 Å². The molecule has 29 heavy (non-hydrogen) atoms.